The molecule has 2 aliphatic rings. The first-order valence-electron chi connectivity index (χ1n) is 9.11. The molecule has 2 heterocycles. The van der Waals surface area contributed by atoms with Crippen LogP contribution in [0.15, 0.2) is 45.9 Å². The lowest BCUT2D eigenvalue weighted by molar-refractivity contribution is 0.0729. The molecule has 144 valence electrons. The second-order valence-corrected chi connectivity index (χ2v) is 8.64. The molecule has 1 aliphatic carbocycles. The van der Waals surface area contributed by atoms with Crippen LogP contribution in [-0.4, -0.2) is 44.9 Å². The van der Waals surface area contributed by atoms with Gasteiger partial charge in [0.2, 0.25) is 10.0 Å². The molecule has 1 aromatic carbocycles. The summed E-state index contributed by atoms with van der Waals surface area (Å²) < 4.78 is 38.2. The number of benzene rings is 1. The number of amides is 1. The molecule has 1 fully saturated rings. The van der Waals surface area contributed by atoms with E-state index in [2.05, 4.69) is 5.32 Å². The average Bonchev–Trinajstić information content (AvgIpc) is 3.18. The molecule has 1 amide bonds. The summed E-state index contributed by atoms with van der Waals surface area (Å²) in [4.78, 5) is 13.0. The number of hydrogen-bond donors (Lipinski definition) is 1. The third-order valence-electron chi connectivity index (χ3n) is 5.08. The molecule has 0 saturated carbocycles. The van der Waals surface area contributed by atoms with Crippen LogP contribution in [0.5, 0.6) is 0 Å². The number of nitrogens with zero attached hydrogens (tertiary/aromatic N) is 1. The number of carbonyl (C=O) groups excluding carboxylic acids is 1. The minimum Gasteiger partial charge on any atom is -0.469 e. The van der Waals surface area contributed by atoms with E-state index in [1.165, 1.54) is 10.4 Å². The molecule has 1 unspecified atom stereocenters. The third kappa shape index (κ3) is 3.52. The largest absolute Gasteiger partial charge is 0.469 e. The van der Waals surface area contributed by atoms with E-state index in [9.17, 15) is 13.2 Å². The summed E-state index contributed by atoms with van der Waals surface area (Å²) in [6.07, 6.45) is 4.21. The number of furan rings is 1. The molecule has 8 heteroatoms. The summed E-state index contributed by atoms with van der Waals surface area (Å²) in [5.74, 6) is 0.502. The van der Waals surface area contributed by atoms with Gasteiger partial charge in [0.25, 0.3) is 5.91 Å². The molecular formula is C19H22N2O5S. The predicted molar refractivity (Wildman–Crippen MR) is 97.9 cm³/mol. The van der Waals surface area contributed by atoms with Crippen molar-refractivity contribution in [1.29, 1.82) is 0 Å². The minimum absolute atomic E-state index is 0.0348. The van der Waals surface area contributed by atoms with Crippen molar-refractivity contribution in [3.8, 4) is 0 Å². The van der Waals surface area contributed by atoms with Crippen molar-refractivity contribution in [2.24, 2.45) is 0 Å². The molecule has 2 aromatic rings. The lowest BCUT2D eigenvalue weighted by Crippen LogP contribution is -2.41. The zero-order valence-corrected chi connectivity index (χ0v) is 15.7. The first-order valence-corrected chi connectivity index (χ1v) is 10.6. The van der Waals surface area contributed by atoms with Gasteiger partial charge < -0.3 is 14.5 Å². The van der Waals surface area contributed by atoms with Gasteiger partial charge in [-0.05, 0) is 31.0 Å². The topological polar surface area (TPSA) is 88.8 Å². The Balaban J connectivity index is 1.61. The number of hydrogen-bond acceptors (Lipinski definition) is 5. The number of aryl methyl sites for hydroxylation is 1. The number of morpholine rings is 1. The van der Waals surface area contributed by atoms with Crippen LogP contribution in [0.25, 0.3) is 0 Å². The van der Waals surface area contributed by atoms with Crippen molar-refractivity contribution < 1.29 is 22.4 Å². The van der Waals surface area contributed by atoms with Crippen molar-refractivity contribution in [1.82, 2.24) is 9.62 Å². The highest BCUT2D eigenvalue weighted by atomic mass is 32.2. The highest BCUT2D eigenvalue weighted by Gasteiger charge is 2.31. The summed E-state index contributed by atoms with van der Waals surface area (Å²) in [6.45, 7) is 1.30. The first-order chi connectivity index (χ1) is 13.1. The summed E-state index contributed by atoms with van der Waals surface area (Å²) in [6, 6.07) is 8.07. The first kappa shape index (κ1) is 18.2. The fraction of sp³-hybridized carbons (Fsp3) is 0.421. The van der Waals surface area contributed by atoms with Gasteiger partial charge in [0.15, 0.2) is 0 Å². The van der Waals surface area contributed by atoms with Crippen molar-refractivity contribution >= 4 is 15.9 Å². The molecule has 0 spiro atoms. The van der Waals surface area contributed by atoms with E-state index >= 15 is 0 Å². The van der Waals surface area contributed by atoms with Crippen LogP contribution in [0.2, 0.25) is 0 Å². The second-order valence-electron chi connectivity index (χ2n) is 6.73. The smallest absolute Gasteiger partial charge is 0.253 e. The van der Waals surface area contributed by atoms with Crippen molar-refractivity contribution in [3.05, 3.63) is 53.5 Å². The monoisotopic (exact) mass is 390 g/mol. The number of carbonyl (C=O) groups is 1. The number of rotatable bonds is 4. The van der Waals surface area contributed by atoms with E-state index in [1.54, 1.807) is 24.5 Å². The number of sulfonamides is 1. The van der Waals surface area contributed by atoms with Gasteiger partial charge in [-0.25, -0.2) is 8.42 Å². The molecule has 0 bridgehead atoms. The quantitative estimate of drug-likeness (QED) is 0.864. The van der Waals surface area contributed by atoms with E-state index in [-0.39, 0.29) is 22.4 Å². The van der Waals surface area contributed by atoms with Crippen LogP contribution in [-0.2, 0) is 21.2 Å². The molecule has 0 radical (unpaired) electrons. The predicted octanol–water partition coefficient (Wildman–Crippen LogP) is 2.11. The van der Waals surface area contributed by atoms with Gasteiger partial charge in [-0.15, -0.1) is 0 Å². The van der Waals surface area contributed by atoms with Crippen molar-refractivity contribution in [2.45, 2.75) is 30.2 Å². The van der Waals surface area contributed by atoms with E-state index in [4.69, 9.17) is 9.15 Å². The average molecular weight is 390 g/mol. The van der Waals surface area contributed by atoms with E-state index in [0.29, 0.717) is 26.3 Å². The summed E-state index contributed by atoms with van der Waals surface area (Å²) in [5, 5.41) is 2.99. The highest BCUT2D eigenvalue weighted by Crippen LogP contribution is 2.31. The minimum atomic E-state index is -3.75. The molecular weight excluding hydrogens is 368 g/mol. The Morgan fingerprint density at radius 1 is 1.15 bits per heavy atom. The number of ether oxygens (including phenoxy) is 1. The molecule has 27 heavy (non-hydrogen) atoms. The van der Waals surface area contributed by atoms with Crippen LogP contribution in [0.4, 0.5) is 0 Å². The standard InChI is InChI=1S/C19H22N2O5S/c22-19(20-16-5-3-6-17-14(16)8-11-26-17)15-4-1-2-7-18(15)27(23,24)21-9-12-25-13-10-21/h1-2,4,7-8,11,16H,3,5-6,9-10,12-13H2,(H,20,22). The highest BCUT2D eigenvalue weighted by molar-refractivity contribution is 7.89. The van der Waals surface area contributed by atoms with Crippen molar-refractivity contribution in [3.63, 3.8) is 0 Å². The Hall–Kier alpha value is -2.16. The Morgan fingerprint density at radius 2 is 1.93 bits per heavy atom. The molecule has 1 atom stereocenters. The number of nitrogens with one attached hydrogen (secondary N) is 1. The molecule has 1 saturated heterocycles. The maximum atomic E-state index is 13.0. The van der Waals surface area contributed by atoms with Gasteiger partial charge >= 0.3 is 0 Å². The maximum Gasteiger partial charge on any atom is 0.253 e. The Morgan fingerprint density at radius 3 is 2.74 bits per heavy atom. The fourth-order valence-corrected chi connectivity index (χ4v) is 5.27. The zero-order valence-electron chi connectivity index (χ0n) is 14.9. The van der Waals surface area contributed by atoms with E-state index in [1.807, 2.05) is 6.07 Å². The van der Waals surface area contributed by atoms with Gasteiger partial charge in [0.05, 0.1) is 36.0 Å². The van der Waals surface area contributed by atoms with E-state index < -0.39 is 10.0 Å². The second kappa shape index (κ2) is 7.46. The van der Waals surface area contributed by atoms with Crippen LogP contribution in [0.1, 0.15) is 40.6 Å². The van der Waals surface area contributed by atoms with Crippen LogP contribution < -0.4 is 5.32 Å². The lowest BCUT2D eigenvalue weighted by Gasteiger charge is -2.27. The van der Waals surface area contributed by atoms with Gasteiger partial charge in [0, 0.05) is 25.1 Å². The fourth-order valence-electron chi connectivity index (χ4n) is 3.68. The zero-order chi connectivity index (χ0) is 18.9. The van der Waals surface area contributed by atoms with Gasteiger partial charge in [-0.1, -0.05) is 12.1 Å². The van der Waals surface area contributed by atoms with E-state index in [0.717, 1.165) is 30.6 Å². The third-order valence-corrected chi connectivity index (χ3v) is 7.03. The van der Waals surface area contributed by atoms with Crippen LogP contribution in [0, 0.1) is 0 Å². The Kier molecular flexibility index (Phi) is 5.03. The normalized spacial score (nSPS) is 20.8. The maximum absolute atomic E-state index is 13.0. The van der Waals surface area contributed by atoms with Gasteiger partial charge in [-0.2, -0.15) is 4.31 Å². The summed E-state index contributed by atoms with van der Waals surface area (Å²) in [5.41, 5.74) is 1.14. The summed E-state index contributed by atoms with van der Waals surface area (Å²) in [7, 11) is -3.75. The van der Waals surface area contributed by atoms with Crippen LogP contribution in [0.3, 0.4) is 0 Å². The molecule has 4 rings (SSSR count). The SMILES string of the molecule is O=C(NC1CCCc2occc21)c1ccccc1S(=O)(=O)N1CCOCC1. The van der Waals surface area contributed by atoms with Gasteiger partial charge in [-0.3, -0.25) is 4.79 Å². The Bertz CT molecular complexity index is 931. The number of fused-ring (bicyclic) bond motifs is 1. The molecule has 1 aliphatic heterocycles. The molecule has 7 nitrogen and oxygen atoms in total. The van der Waals surface area contributed by atoms with Gasteiger partial charge in [0.1, 0.15) is 5.76 Å². The summed E-state index contributed by atoms with van der Waals surface area (Å²) >= 11 is 0. The molecule has 1 N–H and O–H groups in total. The lowest BCUT2D eigenvalue weighted by atomic mass is 9.93. The Labute approximate surface area is 158 Å². The molecule has 1 aromatic heterocycles. The van der Waals surface area contributed by atoms with Crippen molar-refractivity contribution in [2.75, 3.05) is 26.3 Å². The van der Waals surface area contributed by atoms with Crippen LogP contribution >= 0.6 is 0 Å².